The highest BCUT2D eigenvalue weighted by molar-refractivity contribution is 6.04. The number of carbonyl (C=O) groups excluding carboxylic acids is 1. The molecule has 1 heterocycles. The average Bonchev–Trinajstić information content (AvgIpc) is 2.46. The van der Waals surface area contributed by atoms with Crippen LogP contribution in [0, 0.1) is 0 Å². The van der Waals surface area contributed by atoms with Gasteiger partial charge in [-0.3, -0.25) is 9.78 Å². The molecule has 5 N–H and O–H groups in total. The second-order valence-corrected chi connectivity index (χ2v) is 4.13. The van der Waals surface area contributed by atoms with Gasteiger partial charge in [0.15, 0.2) is 5.96 Å². The predicted octanol–water partition coefficient (Wildman–Crippen LogP) is 1.53. The number of benzene rings is 1. The van der Waals surface area contributed by atoms with Crippen LogP contribution < -0.4 is 16.8 Å². The molecule has 1 aromatic heterocycles. The summed E-state index contributed by atoms with van der Waals surface area (Å²) in [7, 11) is 0. The smallest absolute Gasteiger partial charge is 0.255 e. The molecule has 6 nitrogen and oxygen atoms in total. The van der Waals surface area contributed by atoms with Gasteiger partial charge in [0.2, 0.25) is 0 Å². The fraction of sp³-hybridized carbons (Fsp3) is 0.0714. The molecule has 110 valence electrons. The molecule has 0 aliphatic heterocycles. The number of rotatable bonds is 4. The van der Waals surface area contributed by atoms with Gasteiger partial charge in [-0.2, -0.15) is 0 Å². The van der Waals surface area contributed by atoms with E-state index in [0.717, 1.165) is 5.56 Å². The van der Waals surface area contributed by atoms with Crippen LogP contribution in [0.4, 0.5) is 5.69 Å². The standard InChI is InChI=1S/C14H15N5O.ClH/c15-14(16)18-9-10-1-3-11(4-2-10)13(20)19-12-5-7-17-8-6-12;/h1-8H,9H2,(H4,15,16,18)(H,17,19,20);1H. The number of nitrogens with zero attached hydrogens (tertiary/aromatic N) is 2. The summed E-state index contributed by atoms with van der Waals surface area (Å²) in [5.41, 5.74) is 12.7. The summed E-state index contributed by atoms with van der Waals surface area (Å²) in [6, 6.07) is 10.5. The number of aromatic nitrogens is 1. The van der Waals surface area contributed by atoms with Crippen LogP contribution in [-0.4, -0.2) is 16.9 Å². The Morgan fingerprint density at radius 3 is 2.29 bits per heavy atom. The van der Waals surface area contributed by atoms with Crippen LogP contribution in [0.15, 0.2) is 53.8 Å². The van der Waals surface area contributed by atoms with Gasteiger partial charge < -0.3 is 16.8 Å². The minimum absolute atomic E-state index is 0. The first-order chi connectivity index (χ1) is 9.65. The average molecular weight is 306 g/mol. The fourth-order valence-corrected chi connectivity index (χ4v) is 1.58. The lowest BCUT2D eigenvalue weighted by Gasteiger charge is -2.05. The second kappa shape index (κ2) is 7.86. The van der Waals surface area contributed by atoms with Crippen molar-refractivity contribution < 1.29 is 4.79 Å². The monoisotopic (exact) mass is 305 g/mol. The SMILES string of the molecule is Cl.NC(N)=NCc1ccc(C(=O)Nc2ccncc2)cc1. The molecule has 21 heavy (non-hydrogen) atoms. The van der Waals surface area contributed by atoms with E-state index in [2.05, 4.69) is 15.3 Å². The number of amides is 1. The van der Waals surface area contributed by atoms with Crippen molar-refractivity contribution >= 4 is 30.0 Å². The van der Waals surface area contributed by atoms with E-state index in [0.29, 0.717) is 17.8 Å². The number of nitrogens with one attached hydrogen (secondary N) is 1. The van der Waals surface area contributed by atoms with Crippen molar-refractivity contribution in [2.45, 2.75) is 6.54 Å². The van der Waals surface area contributed by atoms with Crippen molar-refractivity contribution in [2.75, 3.05) is 5.32 Å². The zero-order valence-electron chi connectivity index (χ0n) is 11.2. The summed E-state index contributed by atoms with van der Waals surface area (Å²) < 4.78 is 0. The summed E-state index contributed by atoms with van der Waals surface area (Å²) in [4.78, 5) is 19.8. The molecule has 0 spiro atoms. The number of hydrogen-bond donors (Lipinski definition) is 3. The van der Waals surface area contributed by atoms with E-state index in [-0.39, 0.29) is 24.3 Å². The van der Waals surface area contributed by atoms with E-state index < -0.39 is 0 Å². The first-order valence-corrected chi connectivity index (χ1v) is 6.01. The fourth-order valence-electron chi connectivity index (χ4n) is 1.58. The molecule has 0 bridgehead atoms. The third kappa shape index (κ3) is 5.12. The van der Waals surface area contributed by atoms with Crippen LogP contribution in [0.2, 0.25) is 0 Å². The van der Waals surface area contributed by atoms with Crippen LogP contribution in [0.3, 0.4) is 0 Å². The minimum atomic E-state index is -0.176. The molecule has 1 aromatic carbocycles. The van der Waals surface area contributed by atoms with Crippen LogP contribution in [-0.2, 0) is 6.54 Å². The maximum absolute atomic E-state index is 12.0. The van der Waals surface area contributed by atoms with Crippen molar-refractivity contribution in [3.63, 3.8) is 0 Å². The van der Waals surface area contributed by atoms with Crippen molar-refractivity contribution in [3.05, 3.63) is 59.9 Å². The van der Waals surface area contributed by atoms with Gasteiger partial charge in [-0.1, -0.05) is 12.1 Å². The Morgan fingerprint density at radius 2 is 1.71 bits per heavy atom. The lowest BCUT2D eigenvalue weighted by molar-refractivity contribution is 0.102. The molecule has 0 saturated carbocycles. The topological polar surface area (TPSA) is 106 Å². The van der Waals surface area contributed by atoms with Gasteiger partial charge in [-0.15, -0.1) is 12.4 Å². The molecule has 1 amide bonds. The first-order valence-electron chi connectivity index (χ1n) is 6.01. The van der Waals surface area contributed by atoms with E-state index >= 15 is 0 Å². The third-order valence-electron chi connectivity index (χ3n) is 2.60. The molecule has 0 unspecified atom stereocenters. The quantitative estimate of drug-likeness (QED) is 0.588. The molecule has 7 heteroatoms. The Hall–Kier alpha value is -2.60. The largest absolute Gasteiger partial charge is 0.370 e. The Balaban J connectivity index is 0.00000220. The molecule has 0 aliphatic rings. The van der Waals surface area contributed by atoms with Gasteiger partial charge in [0.05, 0.1) is 6.54 Å². The Morgan fingerprint density at radius 1 is 1.10 bits per heavy atom. The summed E-state index contributed by atoms with van der Waals surface area (Å²) in [5.74, 6) is -0.130. The van der Waals surface area contributed by atoms with E-state index in [1.165, 1.54) is 0 Å². The number of guanidine groups is 1. The van der Waals surface area contributed by atoms with Crippen LogP contribution in [0.5, 0.6) is 0 Å². The molecule has 0 atom stereocenters. The highest BCUT2D eigenvalue weighted by Crippen LogP contribution is 2.09. The minimum Gasteiger partial charge on any atom is -0.370 e. The van der Waals surface area contributed by atoms with Gasteiger partial charge in [-0.05, 0) is 29.8 Å². The van der Waals surface area contributed by atoms with Crippen molar-refractivity contribution in [3.8, 4) is 0 Å². The molecule has 0 fully saturated rings. The van der Waals surface area contributed by atoms with Crippen LogP contribution >= 0.6 is 12.4 Å². The lowest BCUT2D eigenvalue weighted by Crippen LogP contribution is -2.22. The van der Waals surface area contributed by atoms with E-state index in [9.17, 15) is 4.79 Å². The van der Waals surface area contributed by atoms with Crippen molar-refractivity contribution in [1.29, 1.82) is 0 Å². The molecular weight excluding hydrogens is 290 g/mol. The van der Waals surface area contributed by atoms with E-state index in [1.807, 2.05) is 12.1 Å². The van der Waals surface area contributed by atoms with Gasteiger partial charge in [0, 0.05) is 23.6 Å². The molecule has 0 aliphatic carbocycles. The summed E-state index contributed by atoms with van der Waals surface area (Å²) >= 11 is 0. The number of anilines is 1. The van der Waals surface area contributed by atoms with Crippen LogP contribution in [0.25, 0.3) is 0 Å². The highest BCUT2D eigenvalue weighted by Gasteiger charge is 2.05. The lowest BCUT2D eigenvalue weighted by atomic mass is 10.1. The Labute approximate surface area is 128 Å². The van der Waals surface area contributed by atoms with Crippen molar-refractivity contribution in [1.82, 2.24) is 4.98 Å². The number of nitrogens with two attached hydrogens (primary N) is 2. The summed E-state index contributed by atoms with van der Waals surface area (Å²) in [5, 5.41) is 2.78. The maximum atomic E-state index is 12.0. The first kappa shape index (κ1) is 16.5. The van der Waals surface area contributed by atoms with Gasteiger partial charge >= 0.3 is 0 Å². The zero-order chi connectivity index (χ0) is 14.4. The molecule has 0 radical (unpaired) electrons. The van der Waals surface area contributed by atoms with E-state index in [1.54, 1.807) is 36.7 Å². The maximum Gasteiger partial charge on any atom is 0.255 e. The predicted molar refractivity (Wildman–Crippen MR) is 85.4 cm³/mol. The highest BCUT2D eigenvalue weighted by atomic mass is 35.5. The van der Waals surface area contributed by atoms with Gasteiger partial charge in [-0.25, -0.2) is 4.99 Å². The normalized spacial score (nSPS) is 9.33. The molecule has 2 rings (SSSR count). The van der Waals surface area contributed by atoms with E-state index in [4.69, 9.17) is 11.5 Å². The number of halogens is 1. The zero-order valence-corrected chi connectivity index (χ0v) is 12.0. The second-order valence-electron chi connectivity index (χ2n) is 4.13. The molecule has 2 aromatic rings. The van der Waals surface area contributed by atoms with Gasteiger partial charge in [0.1, 0.15) is 0 Å². The number of hydrogen-bond acceptors (Lipinski definition) is 3. The number of aliphatic imine (C=N–C) groups is 1. The van der Waals surface area contributed by atoms with Gasteiger partial charge in [0.25, 0.3) is 5.91 Å². The Kier molecular flexibility index (Phi) is 6.16. The third-order valence-corrected chi connectivity index (χ3v) is 2.60. The number of carbonyl (C=O) groups is 1. The molecular formula is C14H16ClN5O. The summed E-state index contributed by atoms with van der Waals surface area (Å²) in [6.45, 7) is 0.397. The van der Waals surface area contributed by atoms with Crippen molar-refractivity contribution in [2.24, 2.45) is 16.5 Å². The Bertz CT molecular complexity index is 609. The molecule has 0 saturated heterocycles. The van der Waals surface area contributed by atoms with Crippen LogP contribution in [0.1, 0.15) is 15.9 Å². The number of pyridine rings is 1. The summed E-state index contributed by atoms with van der Waals surface area (Å²) in [6.07, 6.45) is 3.24.